The average Bonchev–Trinajstić information content (AvgIpc) is 3.04. The van der Waals surface area contributed by atoms with Gasteiger partial charge in [0.05, 0.1) is 24.7 Å². The quantitative estimate of drug-likeness (QED) is 0.536. The van der Waals surface area contributed by atoms with Gasteiger partial charge >= 0.3 is 5.97 Å². The van der Waals surface area contributed by atoms with Gasteiger partial charge in [0.25, 0.3) is 0 Å². The van der Waals surface area contributed by atoms with E-state index < -0.39 is 17.8 Å². The summed E-state index contributed by atoms with van der Waals surface area (Å²) in [5, 5.41) is 1.40. The van der Waals surface area contributed by atoms with Crippen molar-refractivity contribution in [2.24, 2.45) is 5.73 Å². The molecule has 0 aliphatic heterocycles. The summed E-state index contributed by atoms with van der Waals surface area (Å²) < 4.78 is 10.3. The Morgan fingerprint density at radius 1 is 1.17 bits per heavy atom. The van der Waals surface area contributed by atoms with Crippen LogP contribution in [0.5, 0.6) is 5.75 Å². The van der Waals surface area contributed by atoms with Crippen molar-refractivity contribution in [1.82, 2.24) is 4.98 Å². The molecule has 1 atom stereocenters. The van der Waals surface area contributed by atoms with Gasteiger partial charge in [-0.2, -0.15) is 0 Å². The molecule has 29 heavy (non-hydrogen) atoms. The smallest absolute Gasteiger partial charge is 0.355 e. The summed E-state index contributed by atoms with van der Waals surface area (Å²) in [6.45, 7) is 1.92. The highest BCUT2D eigenvalue weighted by molar-refractivity contribution is 6.39. The van der Waals surface area contributed by atoms with Gasteiger partial charge in [-0.25, -0.2) is 4.79 Å². The molecular weight excluding hydrogens is 415 g/mol. The summed E-state index contributed by atoms with van der Waals surface area (Å²) in [5.41, 5.74) is 7.76. The van der Waals surface area contributed by atoms with Crippen LogP contribution in [0.25, 0.3) is 10.9 Å². The molecule has 3 aromatic rings. The standard InChI is InChI=1S/C21H20Cl2N2O4/c1-3-29-21(27)19-15(18-16(23)8-12(22)9-17(18)25-19)10-14(20(24)26)11-4-6-13(28-2)7-5-11/h4-9,14,25H,3,10H2,1-2H3,(H2,24,26). The van der Waals surface area contributed by atoms with Crippen LogP contribution in [0.15, 0.2) is 36.4 Å². The lowest BCUT2D eigenvalue weighted by atomic mass is 9.90. The number of hydrogen-bond acceptors (Lipinski definition) is 4. The van der Waals surface area contributed by atoms with E-state index in [0.717, 1.165) is 0 Å². The van der Waals surface area contributed by atoms with Crippen molar-refractivity contribution in [3.8, 4) is 5.75 Å². The Bertz CT molecular complexity index is 1060. The van der Waals surface area contributed by atoms with Crippen molar-refractivity contribution < 1.29 is 19.1 Å². The Kier molecular flexibility index (Phi) is 6.35. The van der Waals surface area contributed by atoms with E-state index in [4.69, 9.17) is 38.4 Å². The number of nitrogens with two attached hydrogens (primary N) is 1. The first-order valence-corrected chi connectivity index (χ1v) is 9.71. The van der Waals surface area contributed by atoms with Crippen LogP contribution >= 0.6 is 23.2 Å². The number of aromatic nitrogens is 1. The molecule has 0 bridgehead atoms. The highest BCUT2D eigenvalue weighted by Gasteiger charge is 2.27. The summed E-state index contributed by atoms with van der Waals surface area (Å²) in [4.78, 5) is 27.8. The van der Waals surface area contributed by atoms with E-state index in [1.54, 1.807) is 50.4 Å². The third-order valence-electron chi connectivity index (χ3n) is 4.67. The second-order valence-corrected chi connectivity index (χ2v) is 7.29. The van der Waals surface area contributed by atoms with Crippen LogP contribution in [0.1, 0.15) is 34.5 Å². The van der Waals surface area contributed by atoms with Gasteiger partial charge in [-0.15, -0.1) is 0 Å². The third-order valence-corrected chi connectivity index (χ3v) is 5.18. The van der Waals surface area contributed by atoms with E-state index in [2.05, 4.69) is 4.98 Å². The van der Waals surface area contributed by atoms with Crippen LogP contribution in [0.2, 0.25) is 10.0 Å². The van der Waals surface area contributed by atoms with E-state index in [0.29, 0.717) is 37.8 Å². The number of rotatable bonds is 7. The summed E-state index contributed by atoms with van der Waals surface area (Å²) >= 11 is 12.5. The maximum atomic E-state index is 12.5. The molecule has 0 saturated heterocycles. The lowest BCUT2D eigenvalue weighted by Crippen LogP contribution is -2.24. The Morgan fingerprint density at radius 3 is 2.45 bits per heavy atom. The van der Waals surface area contributed by atoms with E-state index in [1.165, 1.54) is 0 Å². The first kappa shape index (κ1) is 21.0. The predicted molar refractivity (Wildman–Crippen MR) is 113 cm³/mol. The second kappa shape index (κ2) is 8.76. The minimum absolute atomic E-state index is 0.164. The minimum atomic E-state index is -0.681. The maximum absolute atomic E-state index is 12.5. The highest BCUT2D eigenvalue weighted by Crippen LogP contribution is 2.36. The molecule has 1 amide bonds. The molecule has 1 aromatic heterocycles. The maximum Gasteiger partial charge on any atom is 0.355 e. The number of H-pyrrole nitrogens is 1. The summed E-state index contributed by atoms with van der Waals surface area (Å²) in [6.07, 6.45) is 0.164. The first-order valence-electron chi connectivity index (χ1n) is 8.95. The molecule has 2 aromatic carbocycles. The van der Waals surface area contributed by atoms with Gasteiger partial charge in [0.1, 0.15) is 11.4 Å². The molecule has 0 spiro atoms. The Hall–Kier alpha value is -2.70. The molecule has 8 heteroatoms. The number of halogens is 2. The number of carbonyl (C=O) groups excluding carboxylic acids is 2. The van der Waals surface area contributed by atoms with Crippen LogP contribution in [0.3, 0.4) is 0 Å². The predicted octanol–water partition coefficient (Wildman–Crippen LogP) is 4.47. The Labute approximate surface area is 177 Å². The fourth-order valence-corrected chi connectivity index (χ4v) is 3.93. The Morgan fingerprint density at radius 2 is 1.86 bits per heavy atom. The molecular formula is C21H20Cl2N2O4. The zero-order valence-corrected chi connectivity index (χ0v) is 17.4. The third kappa shape index (κ3) is 4.33. The minimum Gasteiger partial charge on any atom is -0.497 e. The number of carbonyl (C=O) groups is 2. The molecule has 0 saturated carbocycles. The summed E-state index contributed by atoms with van der Waals surface area (Å²) in [6, 6.07) is 10.3. The van der Waals surface area contributed by atoms with Crippen LogP contribution in [0, 0.1) is 0 Å². The lowest BCUT2D eigenvalue weighted by Gasteiger charge is -2.15. The van der Waals surface area contributed by atoms with Crippen molar-refractivity contribution in [3.63, 3.8) is 0 Å². The van der Waals surface area contributed by atoms with Gasteiger partial charge in [0.2, 0.25) is 5.91 Å². The number of nitrogens with one attached hydrogen (secondary N) is 1. The zero-order chi connectivity index (χ0) is 21.1. The van der Waals surface area contributed by atoms with Crippen molar-refractivity contribution in [1.29, 1.82) is 0 Å². The Balaban J connectivity index is 2.13. The number of benzene rings is 2. The van der Waals surface area contributed by atoms with Gasteiger partial charge in [-0.1, -0.05) is 35.3 Å². The van der Waals surface area contributed by atoms with Crippen molar-refractivity contribution in [2.45, 2.75) is 19.3 Å². The van der Waals surface area contributed by atoms with Gasteiger partial charge in [0.15, 0.2) is 0 Å². The van der Waals surface area contributed by atoms with Crippen LogP contribution in [0.4, 0.5) is 0 Å². The summed E-state index contributed by atoms with van der Waals surface area (Å²) in [5.74, 6) is -1.08. The largest absolute Gasteiger partial charge is 0.497 e. The second-order valence-electron chi connectivity index (χ2n) is 6.44. The van der Waals surface area contributed by atoms with E-state index in [9.17, 15) is 9.59 Å². The molecule has 152 valence electrons. The van der Waals surface area contributed by atoms with Crippen molar-refractivity contribution in [2.75, 3.05) is 13.7 Å². The van der Waals surface area contributed by atoms with Gasteiger partial charge < -0.3 is 20.2 Å². The van der Waals surface area contributed by atoms with E-state index >= 15 is 0 Å². The number of ether oxygens (including phenoxy) is 2. The number of aromatic amines is 1. The monoisotopic (exact) mass is 434 g/mol. The van der Waals surface area contributed by atoms with E-state index in [1.807, 2.05) is 0 Å². The zero-order valence-electron chi connectivity index (χ0n) is 15.9. The van der Waals surface area contributed by atoms with Crippen molar-refractivity contribution >= 4 is 46.0 Å². The molecule has 6 nitrogen and oxygen atoms in total. The van der Waals surface area contributed by atoms with Crippen molar-refractivity contribution in [3.05, 3.63) is 63.3 Å². The number of methoxy groups -OCH3 is 1. The van der Waals surface area contributed by atoms with Crippen LogP contribution in [-0.2, 0) is 16.0 Å². The normalized spacial score (nSPS) is 12.0. The molecule has 0 radical (unpaired) electrons. The SMILES string of the molecule is CCOC(=O)c1[nH]c2cc(Cl)cc(Cl)c2c1CC(C(N)=O)c1ccc(OC)cc1. The summed E-state index contributed by atoms with van der Waals surface area (Å²) in [7, 11) is 1.56. The average molecular weight is 435 g/mol. The van der Waals surface area contributed by atoms with Gasteiger partial charge in [-0.05, 0) is 48.7 Å². The number of esters is 1. The molecule has 1 unspecified atom stereocenters. The molecule has 1 heterocycles. The number of hydrogen-bond donors (Lipinski definition) is 2. The first-order chi connectivity index (χ1) is 13.8. The fourth-order valence-electron chi connectivity index (χ4n) is 3.32. The highest BCUT2D eigenvalue weighted by atomic mass is 35.5. The lowest BCUT2D eigenvalue weighted by molar-refractivity contribution is -0.119. The molecule has 3 N–H and O–H groups in total. The molecule has 0 aliphatic carbocycles. The van der Waals surface area contributed by atoms with Crippen LogP contribution < -0.4 is 10.5 Å². The molecule has 0 fully saturated rings. The van der Waals surface area contributed by atoms with Gasteiger partial charge in [0, 0.05) is 15.9 Å². The van der Waals surface area contributed by atoms with Gasteiger partial charge in [-0.3, -0.25) is 4.79 Å². The number of primary amides is 1. The fraction of sp³-hybridized carbons (Fsp3) is 0.238. The molecule has 3 rings (SSSR count). The number of fused-ring (bicyclic) bond motifs is 1. The number of amides is 1. The van der Waals surface area contributed by atoms with E-state index in [-0.39, 0.29) is 18.7 Å². The molecule has 0 aliphatic rings. The van der Waals surface area contributed by atoms with Crippen LogP contribution in [-0.4, -0.2) is 30.6 Å². The topological polar surface area (TPSA) is 94.4 Å².